The molecule has 0 bridgehead atoms. The fraction of sp³-hybridized carbons (Fsp3) is 0.587. The second kappa shape index (κ2) is 18.6. The number of allylic oxidation sites excluding steroid dienone is 1. The molecule has 2 aliphatic heterocycles. The van der Waals surface area contributed by atoms with Crippen molar-refractivity contribution in [2.75, 3.05) is 19.0 Å². The van der Waals surface area contributed by atoms with Crippen molar-refractivity contribution in [1.29, 1.82) is 0 Å². The van der Waals surface area contributed by atoms with E-state index in [1.165, 1.54) is 16.2 Å². The van der Waals surface area contributed by atoms with Crippen LogP contribution in [0.3, 0.4) is 0 Å². The van der Waals surface area contributed by atoms with Crippen LogP contribution < -0.4 is 25.4 Å². The van der Waals surface area contributed by atoms with Crippen molar-refractivity contribution in [2.45, 2.75) is 140 Å². The number of carbonyl (C=O) groups excluding carboxylic acids is 4. The summed E-state index contributed by atoms with van der Waals surface area (Å²) >= 11 is 1.46. The number of thiazole rings is 1. The van der Waals surface area contributed by atoms with Gasteiger partial charge in [-0.25, -0.2) is 19.6 Å². The van der Waals surface area contributed by atoms with Gasteiger partial charge in [0, 0.05) is 53.1 Å². The third-order valence-corrected chi connectivity index (χ3v) is 13.7. The average Bonchev–Trinajstić information content (AvgIpc) is 4.14. The zero-order valence-corrected chi connectivity index (χ0v) is 36.5. The summed E-state index contributed by atoms with van der Waals surface area (Å²) in [4.78, 5) is 80.3. The lowest BCUT2D eigenvalue weighted by molar-refractivity contribution is -0.145. The van der Waals surface area contributed by atoms with E-state index in [2.05, 4.69) is 16.0 Å². The van der Waals surface area contributed by atoms with Gasteiger partial charge in [0.1, 0.15) is 40.9 Å². The Hall–Kier alpha value is -5.25. The monoisotopic (exact) mass is 870 g/mol. The third kappa shape index (κ3) is 9.69. The third-order valence-electron chi connectivity index (χ3n) is 12.9. The number of methoxy groups -OCH3 is 1. The molecule has 16 heteroatoms. The Morgan fingerprint density at radius 2 is 1.76 bits per heavy atom. The highest BCUT2D eigenvalue weighted by Crippen LogP contribution is 2.46. The first-order valence-corrected chi connectivity index (χ1v) is 23.2. The summed E-state index contributed by atoms with van der Waals surface area (Å²) in [6.07, 6.45) is 11.1. The van der Waals surface area contributed by atoms with Crippen LogP contribution in [0.2, 0.25) is 0 Å². The van der Waals surface area contributed by atoms with Crippen molar-refractivity contribution < 1.29 is 43.3 Å². The number of nitrogens with zero attached hydrogens (tertiary/aromatic N) is 3. The van der Waals surface area contributed by atoms with Gasteiger partial charge in [0.05, 0.1) is 24.9 Å². The van der Waals surface area contributed by atoms with Gasteiger partial charge in [-0.1, -0.05) is 44.3 Å². The number of hydrogen-bond donors (Lipinski definition) is 4. The largest absolute Gasteiger partial charge is 0.497 e. The maximum absolute atomic E-state index is 14.9. The van der Waals surface area contributed by atoms with E-state index in [4.69, 9.17) is 24.2 Å². The molecular formula is C46H58N6O9S. The number of amides is 3. The first-order chi connectivity index (χ1) is 29.9. The minimum Gasteiger partial charge on any atom is -0.497 e. The molecule has 0 spiro atoms. The van der Waals surface area contributed by atoms with E-state index in [0.29, 0.717) is 46.6 Å². The smallest absolute Gasteiger partial charge is 0.408 e. The van der Waals surface area contributed by atoms with Gasteiger partial charge < -0.3 is 40.2 Å². The summed E-state index contributed by atoms with van der Waals surface area (Å²) in [5.74, 6) is -1.76. The Labute approximate surface area is 365 Å². The number of ether oxygens (including phenoxy) is 3. The van der Waals surface area contributed by atoms with Gasteiger partial charge in [0.2, 0.25) is 11.8 Å². The molecule has 0 radical (unpaired) electrons. The highest BCUT2D eigenvalue weighted by atomic mass is 32.1. The van der Waals surface area contributed by atoms with E-state index in [0.717, 1.165) is 62.9 Å². The molecule has 1 unspecified atom stereocenters. The van der Waals surface area contributed by atoms with Gasteiger partial charge in [-0.2, -0.15) is 0 Å². The fourth-order valence-corrected chi connectivity index (χ4v) is 10.1. The number of rotatable bonds is 12. The quantitative estimate of drug-likeness (QED) is 0.136. The lowest BCUT2D eigenvalue weighted by atomic mass is 9.83. The van der Waals surface area contributed by atoms with Crippen LogP contribution in [0.15, 0.2) is 41.8 Å². The molecule has 62 heavy (non-hydrogen) atoms. The molecular weight excluding hydrogens is 813 g/mol. The van der Waals surface area contributed by atoms with Crippen molar-refractivity contribution in [3.63, 3.8) is 0 Å². The number of pyridine rings is 1. The number of ketones is 1. The van der Waals surface area contributed by atoms with E-state index in [-0.39, 0.29) is 55.4 Å². The minimum absolute atomic E-state index is 0.0210. The maximum atomic E-state index is 14.9. The summed E-state index contributed by atoms with van der Waals surface area (Å²) in [7, 11) is 1.58. The predicted molar refractivity (Wildman–Crippen MR) is 233 cm³/mol. The molecule has 3 aliphatic carbocycles. The van der Waals surface area contributed by atoms with Crippen LogP contribution in [0.5, 0.6) is 11.5 Å². The molecule has 1 saturated heterocycles. The topological polar surface area (TPSA) is 198 Å². The van der Waals surface area contributed by atoms with Gasteiger partial charge in [-0.15, -0.1) is 11.3 Å². The Balaban J connectivity index is 1.09. The molecule has 332 valence electrons. The summed E-state index contributed by atoms with van der Waals surface area (Å²) in [5.41, 5.74) is 0.299. The average molecular weight is 871 g/mol. The summed E-state index contributed by atoms with van der Waals surface area (Å²) in [5, 5.41) is 22.7. The van der Waals surface area contributed by atoms with Crippen LogP contribution in [0.1, 0.15) is 104 Å². The van der Waals surface area contributed by atoms with Gasteiger partial charge >= 0.3 is 12.1 Å². The van der Waals surface area contributed by atoms with Crippen LogP contribution in [-0.2, 0) is 23.9 Å². The van der Waals surface area contributed by atoms with E-state index in [9.17, 15) is 29.1 Å². The standard InChI is InChI=1S/C46H58N6O9S/c1-26(2)47-44-49-36(25-62-44)35-22-38(32-19-18-30(59-3)20-34(32)48-35)60-31-21-37-41(54)51-46(43(56)57)23-29(46)14-10-5-4-6-11-15-33(42(55)52(37)24-31)50-45(58)61-40(39(53)27-16-17-27)28-12-8-7-9-13-28/h10,14,18-20,22,25-29,31,33,37,40H,4-9,11-13,15-17,21,23-24H2,1-3H3,(H,47,49)(H,50,58)(H,51,54)(H,56,57)/t29?,31-,33+,37+,40+,46-/m1/s1. The molecule has 4 fully saturated rings. The van der Waals surface area contributed by atoms with Gasteiger partial charge in [0.25, 0.3) is 0 Å². The minimum atomic E-state index is -1.49. The van der Waals surface area contributed by atoms with Gasteiger partial charge in [0.15, 0.2) is 17.0 Å². The van der Waals surface area contributed by atoms with Crippen LogP contribution in [-0.4, -0.2) is 99.2 Å². The van der Waals surface area contributed by atoms with E-state index < -0.39 is 53.7 Å². The molecule has 5 aliphatic rings. The highest BCUT2D eigenvalue weighted by Gasteiger charge is 2.61. The fourth-order valence-electron chi connectivity index (χ4n) is 9.28. The summed E-state index contributed by atoms with van der Waals surface area (Å²) in [6, 6.07) is 5.25. The highest BCUT2D eigenvalue weighted by molar-refractivity contribution is 7.14. The van der Waals surface area contributed by atoms with Gasteiger partial charge in [-0.3, -0.25) is 14.4 Å². The number of Topliss-reactive ketones (excluding diaryl/α,β-unsaturated/α-hetero) is 1. The van der Waals surface area contributed by atoms with E-state index in [1.807, 2.05) is 37.4 Å². The number of alkyl carbamates (subject to hydrolysis) is 1. The molecule has 4 N–H and O–H groups in total. The molecule has 8 rings (SSSR count). The number of carboxylic acids is 1. The van der Waals surface area contributed by atoms with Crippen molar-refractivity contribution in [3.05, 3.63) is 41.8 Å². The lowest BCUT2D eigenvalue weighted by Gasteiger charge is -2.31. The molecule has 1 aromatic carbocycles. The van der Waals surface area contributed by atoms with Crippen LogP contribution >= 0.6 is 11.3 Å². The normalized spacial score (nSPS) is 26.4. The van der Waals surface area contributed by atoms with Crippen molar-refractivity contribution >= 4 is 57.0 Å². The summed E-state index contributed by atoms with van der Waals surface area (Å²) < 4.78 is 18.3. The molecule has 4 heterocycles. The molecule has 2 aromatic heterocycles. The predicted octanol–water partition coefficient (Wildman–Crippen LogP) is 7.04. The molecule has 3 saturated carbocycles. The number of carbonyl (C=O) groups is 5. The Bertz CT molecular complexity index is 2200. The second-order valence-electron chi connectivity index (χ2n) is 17.9. The van der Waals surface area contributed by atoms with Crippen LogP contribution in [0.4, 0.5) is 9.93 Å². The Kier molecular flexibility index (Phi) is 13.0. The van der Waals surface area contributed by atoms with Crippen LogP contribution in [0, 0.1) is 17.8 Å². The molecule has 15 nitrogen and oxygen atoms in total. The Morgan fingerprint density at radius 1 is 0.984 bits per heavy atom. The summed E-state index contributed by atoms with van der Waals surface area (Å²) in [6.45, 7) is 4.05. The Morgan fingerprint density at radius 3 is 2.50 bits per heavy atom. The molecule has 6 atom stereocenters. The first-order valence-electron chi connectivity index (χ1n) is 22.3. The molecule has 3 aromatic rings. The zero-order chi connectivity index (χ0) is 43.5. The van der Waals surface area contributed by atoms with Crippen LogP contribution in [0.25, 0.3) is 22.3 Å². The number of nitrogens with one attached hydrogen (secondary N) is 3. The zero-order valence-electron chi connectivity index (χ0n) is 35.7. The lowest BCUT2D eigenvalue weighted by Crippen LogP contribution is -2.56. The number of fused-ring (bicyclic) bond motifs is 3. The van der Waals surface area contributed by atoms with Crippen molar-refractivity contribution in [3.8, 4) is 22.9 Å². The maximum Gasteiger partial charge on any atom is 0.408 e. The number of aliphatic carboxylic acids is 1. The second-order valence-corrected chi connectivity index (χ2v) is 18.8. The van der Waals surface area contributed by atoms with Gasteiger partial charge in [-0.05, 0) is 77.3 Å². The van der Waals surface area contributed by atoms with E-state index in [1.54, 1.807) is 25.3 Å². The van der Waals surface area contributed by atoms with E-state index >= 15 is 0 Å². The molecule has 3 amide bonds. The number of hydrogen-bond acceptors (Lipinski definition) is 12. The first kappa shape index (κ1) is 43.4. The number of anilines is 1. The van der Waals surface area contributed by atoms with Crippen molar-refractivity contribution in [1.82, 2.24) is 25.5 Å². The number of aromatic nitrogens is 2. The number of benzene rings is 1. The number of carboxylic acid groups (broad SMARTS) is 1. The SMILES string of the molecule is COc1ccc2c(O[C@@H]3C[C@H]4C(=O)N[C@]5(C(=O)O)CC5C=CCCCCC[C@H](NC(=O)O[C@H](C(=O)C5CC5)C5CCCCC5)C(=O)N4C3)cc(-c3csc(NC(C)C)n3)nc2c1. The van der Waals surface area contributed by atoms with Crippen molar-refractivity contribution in [2.24, 2.45) is 17.8 Å².